The third-order valence-electron chi connectivity index (χ3n) is 6.53. The van der Waals surface area contributed by atoms with Crippen molar-refractivity contribution in [1.82, 2.24) is 24.8 Å². The van der Waals surface area contributed by atoms with E-state index >= 15 is 0 Å². The molecule has 8 heteroatoms. The molecule has 2 aromatic carbocycles. The number of aryl methyl sites for hydroxylation is 1. The van der Waals surface area contributed by atoms with Crippen molar-refractivity contribution in [2.24, 2.45) is 0 Å². The fraction of sp³-hybridized carbons (Fsp3) is 0.310. The molecule has 5 rings (SSSR count). The van der Waals surface area contributed by atoms with Crippen LogP contribution in [0, 0.1) is 0 Å². The largest absolute Gasteiger partial charge is 0.494 e. The van der Waals surface area contributed by atoms with Gasteiger partial charge < -0.3 is 19.5 Å². The van der Waals surface area contributed by atoms with Crippen LogP contribution in [0.5, 0.6) is 5.75 Å². The summed E-state index contributed by atoms with van der Waals surface area (Å²) in [5.41, 5.74) is 4.01. The maximum atomic E-state index is 12.9. The van der Waals surface area contributed by atoms with Crippen molar-refractivity contribution in [3.8, 4) is 28.4 Å². The highest BCUT2D eigenvalue weighted by Gasteiger charge is 2.22. The number of rotatable bonds is 9. The molecule has 0 bridgehead atoms. The molecule has 8 nitrogen and oxygen atoms in total. The number of nitrogens with one attached hydrogen (secondary N) is 1. The summed E-state index contributed by atoms with van der Waals surface area (Å²) in [6.07, 6.45) is 5.50. The fourth-order valence-electron chi connectivity index (χ4n) is 4.65. The summed E-state index contributed by atoms with van der Waals surface area (Å²) in [7, 11) is 0. The predicted octanol–water partition coefficient (Wildman–Crippen LogP) is 4.60. The molecule has 1 fully saturated rings. The Morgan fingerprint density at radius 2 is 1.70 bits per heavy atom. The van der Waals surface area contributed by atoms with Crippen LogP contribution < -0.4 is 9.64 Å². The average Bonchev–Trinajstić information content (AvgIpc) is 3.39. The summed E-state index contributed by atoms with van der Waals surface area (Å²) in [5.74, 6) is 2.55. The van der Waals surface area contributed by atoms with Crippen molar-refractivity contribution in [2.75, 3.05) is 37.7 Å². The van der Waals surface area contributed by atoms with Crippen LogP contribution in [0.4, 0.5) is 5.95 Å². The number of aromatic nitrogens is 4. The topological polar surface area (TPSA) is 87.2 Å². The number of aromatic amines is 1. The number of H-pyrrole nitrogens is 1. The van der Waals surface area contributed by atoms with Gasteiger partial charge in [0.25, 0.3) is 0 Å². The number of hydrogen-bond acceptors (Lipinski definition) is 6. The number of piperazine rings is 1. The van der Waals surface area contributed by atoms with Crippen LogP contribution in [0.25, 0.3) is 22.6 Å². The van der Waals surface area contributed by atoms with Crippen LogP contribution in [0.15, 0.2) is 73.1 Å². The molecule has 2 aromatic heterocycles. The van der Waals surface area contributed by atoms with Gasteiger partial charge in [0.15, 0.2) is 0 Å². The Morgan fingerprint density at radius 1 is 0.946 bits per heavy atom. The van der Waals surface area contributed by atoms with Gasteiger partial charge in [0.2, 0.25) is 11.9 Å². The van der Waals surface area contributed by atoms with Crippen LogP contribution in [-0.2, 0) is 11.2 Å². The lowest BCUT2D eigenvalue weighted by molar-refractivity contribution is -0.131. The van der Waals surface area contributed by atoms with Gasteiger partial charge in [-0.15, -0.1) is 0 Å². The van der Waals surface area contributed by atoms with E-state index in [1.54, 1.807) is 12.4 Å². The van der Waals surface area contributed by atoms with Gasteiger partial charge in [-0.1, -0.05) is 42.5 Å². The summed E-state index contributed by atoms with van der Waals surface area (Å²) in [6, 6.07) is 20.0. The molecule has 0 atom stereocenters. The summed E-state index contributed by atoms with van der Waals surface area (Å²) >= 11 is 0. The molecule has 0 unspecified atom stereocenters. The average molecular weight is 497 g/mol. The van der Waals surface area contributed by atoms with Gasteiger partial charge in [0, 0.05) is 61.8 Å². The van der Waals surface area contributed by atoms with E-state index in [1.165, 1.54) is 0 Å². The van der Waals surface area contributed by atoms with Gasteiger partial charge in [-0.05, 0) is 38.0 Å². The van der Waals surface area contributed by atoms with Gasteiger partial charge in [0.1, 0.15) is 11.6 Å². The maximum Gasteiger partial charge on any atom is 0.225 e. The van der Waals surface area contributed by atoms with Crippen LogP contribution >= 0.6 is 0 Å². The van der Waals surface area contributed by atoms with Crippen molar-refractivity contribution in [1.29, 1.82) is 0 Å². The molecule has 0 radical (unpaired) electrons. The lowest BCUT2D eigenvalue weighted by Crippen LogP contribution is -2.49. The third kappa shape index (κ3) is 5.97. The molecule has 1 aliphatic heterocycles. The van der Waals surface area contributed by atoms with Crippen LogP contribution in [0.2, 0.25) is 0 Å². The first-order chi connectivity index (χ1) is 18.2. The quantitative estimate of drug-likeness (QED) is 0.364. The Morgan fingerprint density at radius 3 is 2.46 bits per heavy atom. The lowest BCUT2D eigenvalue weighted by atomic mass is 10.1. The van der Waals surface area contributed by atoms with E-state index in [1.807, 2.05) is 60.4 Å². The van der Waals surface area contributed by atoms with Gasteiger partial charge in [-0.2, -0.15) is 0 Å². The van der Waals surface area contributed by atoms with Gasteiger partial charge >= 0.3 is 0 Å². The normalized spacial score (nSPS) is 13.5. The Kier molecular flexibility index (Phi) is 7.74. The zero-order valence-corrected chi connectivity index (χ0v) is 21.1. The number of carbonyl (C=O) groups excluding carboxylic acids is 1. The monoisotopic (exact) mass is 496 g/mol. The molecule has 1 saturated heterocycles. The smallest absolute Gasteiger partial charge is 0.225 e. The van der Waals surface area contributed by atoms with Gasteiger partial charge in [0.05, 0.1) is 12.3 Å². The minimum absolute atomic E-state index is 0.194. The zero-order valence-electron chi connectivity index (χ0n) is 21.1. The number of carbonyl (C=O) groups is 1. The Bertz CT molecular complexity index is 1300. The summed E-state index contributed by atoms with van der Waals surface area (Å²) < 4.78 is 5.68. The lowest BCUT2D eigenvalue weighted by Gasteiger charge is -2.34. The highest BCUT2D eigenvalue weighted by molar-refractivity contribution is 5.76. The minimum Gasteiger partial charge on any atom is -0.494 e. The minimum atomic E-state index is 0.194. The van der Waals surface area contributed by atoms with Crippen molar-refractivity contribution in [3.05, 3.63) is 78.8 Å². The molecule has 190 valence electrons. The van der Waals surface area contributed by atoms with Crippen molar-refractivity contribution in [3.63, 3.8) is 0 Å². The number of anilines is 1. The molecule has 3 heterocycles. The second kappa shape index (κ2) is 11.7. The summed E-state index contributed by atoms with van der Waals surface area (Å²) in [5, 5.41) is 0. The molecule has 1 N–H and O–H groups in total. The first kappa shape index (κ1) is 24.5. The van der Waals surface area contributed by atoms with Crippen LogP contribution in [0.3, 0.4) is 0 Å². The van der Waals surface area contributed by atoms with Gasteiger partial charge in [-0.3, -0.25) is 4.79 Å². The highest BCUT2D eigenvalue weighted by Crippen LogP contribution is 2.29. The van der Waals surface area contributed by atoms with E-state index in [2.05, 4.69) is 32.0 Å². The molecular weight excluding hydrogens is 464 g/mol. The SMILES string of the molecule is CCOc1cccc(-c2nc(-c3ccccc3)c(CCCC(=O)N3CCN(c4ncccn4)CC3)[nH]2)c1. The Hall–Kier alpha value is -4.20. The first-order valence-electron chi connectivity index (χ1n) is 12.9. The van der Waals surface area contributed by atoms with E-state index in [0.717, 1.165) is 66.0 Å². The molecule has 1 aliphatic rings. The number of imidazole rings is 1. The van der Waals surface area contributed by atoms with E-state index in [-0.39, 0.29) is 5.91 Å². The molecule has 0 aliphatic carbocycles. The number of ether oxygens (including phenoxy) is 1. The fourth-order valence-corrected chi connectivity index (χ4v) is 4.65. The molecule has 0 spiro atoms. The van der Waals surface area contributed by atoms with E-state index in [9.17, 15) is 4.79 Å². The molecule has 1 amide bonds. The number of benzene rings is 2. The summed E-state index contributed by atoms with van der Waals surface area (Å²) in [6.45, 7) is 5.47. The predicted molar refractivity (Wildman–Crippen MR) is 144 cm³/mol. The standard InChI is InChI=1S/C29H32N6O2/c1-2-37-24-12-6-11-23(21-24)28-32-25(27(33-28)22-9-4-3-5-10-22)13-7-14-26(36)34-17-19-35(20-18-34)29-30-15-8-16-31-29/h3-6,8-12,15-16,21H,2,7,13-14,17-20H2,1H3,(H,32,33). The molecular formula is C29H32N6O2. The first-order valence-corrected chi connectivity index (χ1v) is 12.9. The zero-order chi connectivity index (χ0) is 25.5. The van der Waals surface area contributed by atoms with Crippen LogP contribution in [-0.4, -0.2) is 63.5 Å². The highest BCUT2D eigenvalue weighted by atomic mass is 16.5. The van der Waals surface area contributed by atoms with Crippen molar-refractivity contribution < 1.29 is 9.53 Å². The van der Waals surface area contributed by atoms with Crippen molar-refractivity contribution >= 4 is 11.9 Å². The van der Waals surface area contributed by atoms with Gasteiger partial charge in [-0.25, -0.2) is 15.0 Å². The molecule has 37 heavy (non-hydrogen) atoms. The van der Waals surface area contributed by atoms with Crippen molar-refractivity contribution in [2.45, 2.75) is 26.2 Å². The van der Waals surface area contributed by atoms with Crippen LogP contribution in [0.1, 0.15) is 25.5 Å². The maximum absolute atomic E-state index is 12.9. The number of amides is 1. The molecule has 4 aromatic rings. The van der Waals surface area contributed by atoms with E-state index in [0.29, 0.717) is 26.1 Å². The number of hydrogen-bond donors (Lipinski definition) is 1. The third-order valence-corrected chi connectivity index (χ3v) is 6.53. The second-order valence-corrected chi connectivity index (χ2v) is 9.01. The second-order valence-electron chi connectivity index (χ2n) is 9.01. The van der Waals surface area contributed by atoms with E-state index in [4.69, 9.17) is 9.72 Å². The number of nitrogens with zero attached hydrogens (tertiary/aromatic N) is 5. The van der Waals surface area contributed by atoms with E-state index < -0.39 is 0 Å². The summed E-state index contributed by atoms with van der Waals surface area (Å²) in [4.78, 5) is 34.2. The Labute approximate surface area is 217 Å². The molecule has 0 saturated carbocycles. The Balaban J connectivity index is 1.24.